The summed E-state index contributed by atoms with van der Waals surface area (Å²) in [5, 5.41) is 0. The number of rotatable bonds is 3. The van der Waals surface area contributed by atoms with E-state index in [-0.39, 0.29) is 11.9 Å². The molecule has 0 bridgehead atoms. The summed E-state index contributed by atoms with van der Waals surface area (Å²) >= 11 is 0. The van der Waals surface area contributed by atoms with Crippen molar-refractivity contribution in [2.75, 3.05) is 13.1 Å². The Labute approximate surface area is 130 Å². The number of carbonyl (C=O) groups is 1. The van der Waals surface area contributed by atoms with E-state index in [1.54, 1.807) is 12.5 Å². The average Bonchev–Trinajstić information content (AvgIpc) is 3.09. The summed E-state index contributed by atoms with van der Waals surface area (Å²) in [6.45, 7) is 3.61. The molecule has 2 atom stereocenters. The highest BCUT2D eigenvalue weighted by atomic mass is 16.2. The molecule has 2 heterocycles. The predicted molar refractivity (Wildman–Crippen MR) is 85.8 cm³/mol. The third kappa shape index (κ3) is 3.04. The molecule has 0 unspecified atom stereocenters. The third-order valence-corrected chi connectivity index (χ3v) is 4.41. The Morgan fingerprint density at radius 1 is 1.36 bits per heavy atom. The molecule has 1 aliphatic rings. The van der Waals surface area contributed by atoms with Crippen molar-refractivity contribution in [2.45, 2.75) is 25.8 Å². The number of hydrogen-bond donors (Lipinski definition) is 1. The first-order valence-corrected chi connectivity index (χ1v) is 7.78. The van der Waals surface area contributed by atoms with E-state index < -0.39 is 0 Å². The fourth-order valence-corrected chi connectivity index (χ4v) is 2.99. The van der Waals surface area contributed by atoms with E-state index in [2.05, 4.69) is 4.98 Å². The number of carbonyl (C=O) groups excluding carboxylic acids is 1. The monoisotopic (exact) mass is 298 g/mol. The molecule has 1 amide bonds. The molecule has 1 aliphatic heterocycles. The molecule has 2 aromatic rings. The lowest BCUT2D eigenvalue weighted by Crippen LogP contribution is -2.45. The Balaban J connectivity index is 1.72. The summed E-state index contributed by atoms with van der Waals surface area (Å²) in [4.78, 5) is 18.6. The number of piperidine rings is 1. The first kappa shape index (κ1) is 14.8. The molecule has 0 saturated carbocycles. The minimum absolute atomic E-state index is 0.0996. The molecule has 0 radical (unpaired) electrons. The molecule has 116 valence electrons. The summed E-state index contributed by atoms with van der Waals surface area (Å²) in [7, 11) is 0. The van der Waals surface area contributed by atoms with Crippen LogP contribution in [0.4, 0.5) is 0 Å². The highest BCUT2D eigenvalue weighted by molar-refractivity contribution is 5.94. The third-order valence-electron chi connectivity index (χ3n) is 4.41. The van der Waals surface area contributed by atoms with Gasteiger partial charge in [0.1, 0.15) is 0 Å². The van der Waals surface area contributed by atoms with E-state index in [1.807, 2.05) is 46.9 Å². The summed E-state index contributed by atoms with van der Waals surface area (Å²) in [6.07, 6.45) is 7.51. The van der Waals surface area contributed by atoms with Crippen LogP contribution in [0.15, 0.2) is 43.0 Å². The Kier molecular flexibility index (Phi) is 4.24. The van der Waals surface area contributed by atoms with Crippen LogP contribution in [0.3, 0.4) is 0 Å². The van der Waals surface area contributed by atoms with Crippen LogP contribution in [-0.4, -0.2) is 39.5 Å². The van der Waals surface area contributed by atoms with Crippen molar-refractivity contribution < 1.29 is 4.79 Å². The normalized spacial score (nSPS) is 19.9. The quantitative estimate of drug-likeness (QED) is 0.943. The lowest BCUT2D eigenvalue weighted by Gasteiger charge is -2.34. The van der Waals surface area contributed by atoms with Gasteiger partial charge in [-0.1, -0.05) is 0 Å². The largest absolute Gasteiger partial charge is 0.338 e. The van der Waals surface area contributed by atoms with E-state index >= 15 is 0 Å². The molecule has 1 fully saturated rings. The number of likely N-dealkylation sites (tertiary alicyclic amines) is 1. The maximum absolute atomic E-state index is 12.6. The smallest absolute Gasteiger partial charge is 0.253 e. The van der Waals surface area contributed by atoms with E-state index in [1.165, 1.54) is 0 Å². The van der Waals surface area contributed by atoms with Crippen molar-refractivity contribution in [1.82, 2.24) is 14.5 Å². The summed E-state index contributed by atoms with van der Waals surface area (Å²) in [6, 6.07) is 7.80. The number of benzene rings is 1. The first-order valence-electron chi connectivity index (χ1n) is 7.78. The Hall–Kier alpha value is -2.14. The SMILES string of the molecule is C[C@@H](N)[C@@H]1CCCN(C(=O)c2ccc(-n3ccnc3)cc2)C1. The van der Waals surface area contributed by atoms with Crippen molar-refractivity contribution >= 4 is 5.91 Å². The molecule has 1 saturated heterocycles. The van der Waals surface area contributed by atoms with Gasteiger partial charge in [0.2, 0.25) is 0 Å². The van der Waals surface area contributed by atoms with Crippen LogP contribution in [0.2, 0.25) is 0 Å². The minimum Gasteiger partial charge on any atom is -0.338 e. The van der Waals surface area contributed by atoms with Crippen LogP contribution in [0.5, 0.6) is 0 Å². The van der Waals surface area contributed by atoms with Crippen LogP contribution in [0.25, 0.3) is 5.69 Å². The van der Waals surface area contributed by atoms with Crippen molar-refractivity contribution in [3.05, 3.63) is 48.5 Å². The van der Waals surface area contributed by atoms with Gasteiger partial charge in [-0.25, -0.2) is 4.98 Å². The van der Waals surface area contributed by atoms with Crippen LogP contribution < -0.4 is 5.73 Å². The summed E-state index contributed by atoms with van der Waals surface area (Å²) < 4.78 is 1.92. The van der Waals surface area contributed by atoms with E-state index in [9.17, 15) is 4.79 Å². The zero-order valence-corrected chi connectivity index (χ0v) is 12.9. The van der Waals surface area contributed by atoms with Crippen molar-refractivity contribution in [2.24, 2.45) is 11.7 Å². The van der Waals surface area contributed by atoms with Gasteiger partial charge in [0.15, 0.2) is 0 Å². The molecule has 0 spiro atoms. The molecule has 3 rings (SSSR count). The van der Waals surface area contributed by atoms with Gasteiger partial charge in [-0.15, -0.1) is 0 Å². The number of hydrogen-bond acceptors (Lipinski definition) is 3. The van der Waals surface area contributed by atoms with Crippen molar-refractivity contribution in [1.29, 1.82) is 0 Å². The lowest BCUT2D eigenvalue weighted by molar-refractivity contribution is 0.0661. The molecule has 1 aromatic carbocycles. The highest BCUT2D eigenvalue weighted by Gasteiger charge is 2.26. The van der Waals surface area contributed by atoms with Crippen molar-refractivity contribution in [3.8, 4) is 5.69 Å². The fourth-order valence-electron chi connectivity index (χ4n) is 2.99. The maximum atomic E-state index is 12.6. The summed E-state index contributed by atoms with van der Waals surface area (Å²) in [5.41, 5.74) is 7.73. The van der Waals surface area contributed by atoms with Crippen LogP contribution in [-0.2, 0) is 0 Å². The van der Waals surface area contributed by atoms with Crippen molar-refractivity contribution in [3.63, 3.8) is 0 Å². The van der Waals surface area contributed by atoms with Gasteiger partial charge in [0.05, 0.1) is 6.33 Å². The molecule has 0 aliphatic carbocycles. The van der Waals surface area contributed by atoms with Gasteiger partial charge in [-0.3, -0.25) is 4.79 Å². The first-order chi connectivity index (χ1) is 10.6. The summed E-state index contributed by atoms with van der Waals surface area (Å²) in [5.74, 6) is 0.505. The maximum Gasteiger partial charge on any atom is 0.253 e. The van der Waals surface area contributed by atoms with Gasteiger partial charge in [0, 0.05) is 42.8 Å². The van der Waals surface area contributed by atoms with Gasteiger partial charge in [0.25, 0.3) is 5.91 Å². The standard InChI is InChI=1S/C17H22N4O/c1-13(18)15-3-2-9-20(11-15)17(22)14-4-6-16(7-5-14)21-10-8-19-12-21/h4-8,10,12-13,15H,2-3,9,11,18H2,1H3/t13-,15-/m1/s1. The van der Waals surface area contributed by atoms with Crippen LogP contribution >= 0.6 is 0 Å². The predicted octanol–water partition coefficient (Wildman–Crippen LogP) is 2.07. The van der Waals surface area contributed by atoms with E-state index in [0.717, 1.165) is 37.2 Å². The Morgan fingerprint density at radius 3 is 2.77 bits per heavy atom. The molecule has 1 aromatic heterocycles. The minimum atomic E-state index is 0.0996. The van der Waals surface area contributed by atoms with Gasteiger partial charge in [-0.2, -0.15) is 0 Å². The molecule has 22 heavy (non-hydrogen) atoms. The van der Waals surface area contributed by atoms with Crippen LogP contribution in [0.1, 0.15) is 30.1 Å². The molecular weight excluding hydrogens is 276 g/mol. The Morgan fingerprint density at radius 2 is 2.14 bits per heavy atom. The number of aromatic nitrogens is 2. The van der Waals surface area contributed by atoms with Gasteiger partial charge < -0.3 is 15.2 Å². The average molecular weight is 298 g/mol. The van der Waals surface area contributed by atoms with Gasteiger partial charge >= 0.3 is 0 Å². The second-order valence-corrected chi connectivity index (χ2v) is 6.03. The molecule has 5 nitrogen and oxygen atoms in total. The van der Waals surface area contributed by atoms with Crippen LogP contribution in [0, 0.1) is 5.92 Å². The van der Waals surface area contributed by atoms with Gasteiger partial charge in [-0.05, 0) is 49.9 Å². The molecule has 5 heteroatoms. The topological polar surface area (TPSA) is 64.2 Å². The number of amides is 1. The number of nitrogens with zero attached hydrogens (tertiary/aromatic N) is 3. The zero-order chi connectivity index (χ0) is 15.5. The second kappa shape index (κ2) is 6.32. The second-order valence-electron chi connectivity index (χ2n) is 6.03. The number of imidazole rings is 1. The fraction of sp³-hybridized carbons (Fsp3) is 0.412. The number of nitrogens with two attached hydrogens (primary N) is 1. The Bertz CT molecular complexity index is 619. The lowest BCUT2D eigenvalue weighted by atomic mass is 9.92. The highest BCUT2D eigenvalue weighted by Crippen LogP contribution is 2.21. The van der Waals surface area contributed by atoms with E-state index in [4.69, 9.17) is 5.73 Å². The zero-order valence-electron chi connectivity index (χ0n) is 12.9. The van der Waals surface area contributed by atoms with E-state index in [0.29, 0.717) is 5.92 Å². The molecule has 2 N–H and O–H groups in total. The molecular formula is C17H22N4O.